The molecule has 2 aliphatic carbocycles. The van der Waals surface area contributed by atoms with Crippen LogP contribution in [0, 0.1) is 5.41 Å². The van der Waals surface area contributed by atoms with E-state index >= 15 is 0 Å². The Morgan fingerprint density at radius 2 is 1.58 bits per heavy atom. The Labute approximate surface area is 117 Å². The van der Waals surface area contributed by atoms with Gasteiger partial charge in [0, 0.05) is 5.54 Å². The monoisotopic (exact) mass is 257 g/mol. The minimum atomic E-state index is 0.135. The van der Waals surface area contributed by atoms with Gasteiger partial charge in [-0.1, -0.05) is 38.1 Å². The minimum absolute atomic E-state index is 0.135. The quantitative estimate of drug-likeness (QED) is 0.853. The van der Waals surface area contributed by atoms with Gasteiger partial charge in [-0.25, -0.2) is 0 Å². The summed E-state index contributed by atoms with van der Waals surface area (Å²) in [7, 11) is 0. The number of hydrogen-bond acceptors (Lipinski definition) is 1. The van der Waals surface area contributed by atoms with Crippen LogP contribution in [0.1, 0.15) is 69.4 Å². The highest BCUT2D eigenvalue weighted by atomic mass is 14.8. The summed E-state index contributed by atoms with van der Waals surface area (Å²) in [5.41, 5.74) is 9.85. The maximum absolute atomic E-state index is 6.19. The Morgan fingerprint density at radius 1 is 1.00 bits per heavy atom. The van der Waals surface area contributed by atoms with Crippen LogP contribution in [0.3, 0.4) is 0 Å². The van der Waals surface area contributed by atoms with Crippen LogP contribution in [0.4, 0.5) is 0 Å². The first-order chi connectivity index (χ1) is 8.96. The van der Waals surface area contributed by atoms with Crippen LogP contribution in [0.15, 0.2) is 24.3 Å². The molecule has 3 rings (SSSR count). The second-order valence-electron chi connectivity index (χ2n) is 7.72. The van der Waals surface area contributed by atoms with E-state index in [1.165, 1.54) is 44.1 Å². The minimum Gasteiger partial charge on any atom is -0.325 e. The highest BCUT2D eigenvalue weighted by Crippen LogP contribution is 2.42. The molecular formula is C18H27N. The summed E-state index contributed by atoms with van der Waals surface area (Å²) in [5.74, 6) is 0.787. The SMILES string of the molecule is CC1(C)CCC(c2ccc(CC3(N)CC3)cc2)CC1. The van der Waals surface area contributed by atoms with Gasteiger partial charge in [-0.3, -0.25) is 0 Å². The predicted octanol–water partition coefficient (Wildman–Crippen LogP) is 4.40. The van der Waals surface area contributed by atoms with Gasteiger partial charge in [-0.05, 0) is 67.4 Å². The van der Waals surface area contributed by atoms with Gasteiger partial charge in [0.05, 0.1) is 0 Å². The summed E-state index contributed by atoms with van der Waals surface area (Å²) in [5, 5.41) is 0. The first-order valence-electron chi connectivity index (χ1n) is 7.84. The van der Waals surface area contributed by atoms with E-state index in [1.807, 2.05) is 0 Å². The zero-order valence-corrected chi connectivity index (χ0v) is 12.4. The normalized spacial score (nSPS) is 25.2. The molecule has 1 heteroatoms. The van der Waals surface area contributed by atoms with Crippen molar-refractivity contribution in [2.75, 3.05) is 0 Å². The Hall–Kier alpha value is -0.820. The molecule has 0 radical (unpaired) electrons. The first-order valence-corrected chi connectivity index (χ1v) is 7.84. The summed E-state index contributed by atoms with van der Waals surface area (Å²) in [6, 6.07) is 9.32. The standard InChI is InChI=1S/C18H27N/c1-17(2)9-7-16(8-10-17)15-5-3-14(4-6-15)13-18(19)11-12-18/h3-6,16H,7-13,19H2,1-2H3. The van der Waals surface area contributed by atoms with Gasteiger partial charge in [0.1, 0.15) is 0 Å². The van der Waals surface area contributed by atoms with E-state index in [-0.39, 0.29) is 5.54 Å². The van der Waals surface area contributed by atoms with Crippen molar-refractivity contribution in [2.45, 2.75) is 70.3 Å². The van der Waals surface area contributed by atoms with Crippen LogP contribution in [-0.4, -0.2) is 5.54 Å². The van der Waals surface area contributed by atoms with Crippen molar-refractivity contribution >= 4 is 0 Å². The fourth-order valence-electron chi connectivity index (χ4n) is 3.38. The second kappa shape index (κ2) is 4.63. The number of benzene rings is 1. The molecule has 2 aliphatic rings. The van der Waals surface area contributed by atoms with E-state index in [1.54, 1.807) is 5.56 Å². The molecule has 2 fully saturated rings. The Balaban J connectivity index is 1.63. The molecule has 0 saturated heterocycles. The lowest BCUT2D eigenvalue weighted by molar-refractivity contribution is 0.224. The van der Waals surface area contributed by atoms with Gasteiger partial charge in [0.15, 0.2) is 0 Å². The molecule has 0 atom stereocenters. The molecule has 2 saturated carbocycles. The smallest absolute Gasteiger partial charge is 0.0196 e. The van der Waals surface area contributed by atoms with Crippen molar-refractivity contribution < 1.29 is 0 Å². The van der Waals surface area contributed by atoms with E-state index in [0.717, 1.165) is 12.3 Å². The molecule has 0 spiro atoms. The zero-order valence-electron chi connectivity index (χ0n) is 12.4. The topological polar surface area (TPSA) is 26.0 Å². The van der Waals surface area contributed by atoms with Gasteiger partial charge < -0.3 is 5.73 Å². The maximum atomic E-state index is 6.19. The molecule has 104 valence electrons. The summed E-state index contributed by atoms with van der Waals surface area (Å²) in [6.07, 6.45) is 8.90. The van der Waals surface area contributed by atoms with Crippen LogP contribution in [0.25, 0.3) is 0 Å². The molecule has 1 aromatic rings. The fraction of sp³-hybridized carbons (Fsp3) is 0.667. The van der Waals surface area contributed by atoms with Crippen LogP contribution < -0.4 is 5.73 Å². The van der Waals surface area contributed by atoms with E-state index in [4.69, 9.17) is 5.73 Å². The van der Waals surface area contributed by atoms with Crippen molar-refractivity contribution in [2.24, 2.45) is 11.1 Å². The van der Waals surface area contributed by atoms with Gasteiger partial charge >= 0.3 is 0 Å². The number of hydrogen-bond donors (Lipinski definition) is 1. The van der Waals surface area contributed by atoms with Crippen molar-refractivity contribution in [3.63, 3.8) is 0 Å². The summed E-state index contributed by atoms with van der Waals surface area (Å²) < 4.78 is 0. The van der Waals surface area contributed by atoms with E-state index in [9.17, 15) is 0 Å². The fourth-order valence-corrected chi connectivity index (χ4v) is 3.38. The van der Waals surface area contributed by atoms with Gasteiger partial charge in [-0.15, -0.1) is 0 Å². The molecule has 0 amide bonds. The Kier molecular flexibility index (Phi) is 3.21. The lowest BCUT2D eigenvalue weighted by atomic mass is 9.71. The summed E-state index contributed by atoms with van der Waals surface area (Å²) in [4.78, 5) is 0. The maximum Gasteiger partial charge on any atom is 0.0196 e. The Morgan fingerprint density at radius 3 is 2.11 bits per heavy atom. The second-order valence-corrected chi connectivity index (χ2v) is 7.72. The highest BCUT2D eigenvalue weighted by molar-refractivity contribution is 5.28. The molecule has 1 aromatic carbocycles. The Bertz CT molecular complexity index is 429. The van der Waals surface area contributed by atoms with Crippen molar-refractivity contribution in [1.82, 2.24) is 0 Å². The first kappa shape index (κ1) is 13.2. The molecule has 0 aromatic heterocycles. The third-order valence-corrected chi connectivity index (χ3v) is 5.24. The largest absolute Gasteiger partial charge is 0.325 e. The van der Waals surface area contributed by atoms with Gasteiger partial charge in [0.25, 0.3) is 0 Å². The number of nitrogens with two attached hydrogens (primary N) is 1. The third-order valence-electron chi connectivity index (χ3n) is 5.24. The van der Waals surface area contributed by atoms with Crippen LogP contribution in [0.2, 0.25) is 0 Å². The molecule has 0 aliphatic heterocycles. The van der Waals surface area contributed by atoms with Crippen molar-refractivity contribution in [3.8, 4) is 0 Å². The van der Waals surface area contributed by atoms with Crippen LogP contribution in [-0.2, 0) is 6.42 Å². The van der Waals surface area contributed by atoms with Crippen LogP contribution >= 0.6 is 0 Å². The van der Waals surface area contributed by atoms with Crippen LogP contribution in [0.5, 0.6) is 0 Å². The molecule has 19 heavy (non-hydrogen) atoms. The molecule has 0 heterocycles. The number of rotatable bonds is 3. The lowest BCUT2D eigenvalue weighted by Gasteiger charge is -2.34. The van der Waals surface area contributed by atoms with E-state index in [2.05, 4.69) is 38.1 Å². The lowest BCUT2D eigenvalue weighted by Crippen LogP contribution is -2.24. The van der Waals surface area contributed by atoms with Gasteiger partial charge in [-0.2, -0.15) is 0 Å². The molecule has 2 N–H and O–H groups in total. The zero-order chi connectivity index (χ0) is 13.5. The summed E-state index contributed by atoms with van der Waals surface area (Å²) in [6.45, 7) is 4.81. The summed E-state index contributed by atoms with van der Waals surface area (Å²) >= 11 is 0. The van der Waals surface area contributed by atoms with E-state index in [0.29, 0.717) is 5.41 Å². The highest BCUT2D eigenvalue weighted by Gasteiger charge is 2.37. The van der Waals surface area contributed by atoms with Crippen molar-refractivity contribution in [3.05, 3.63) is 35.4 Å². The average molecular weight is 257 g/mol. The molecular weight excluding hydrogens is 230 g/mol. The van der Waals surface area contributed by atoms with Crippen molar-refractivity contribution in [1.29, 1.82) is 0 Å². The average Bonchev–Trinajstić information content (AvgIpc) is 3.08. The third kappa shape index (κ3) is 3.20. The molecule has 0 unspecified atom stereocenters. The van der Waals surface area contributed by atoms with E-state index < -0.39 is 0 Å². The van der Waals surface area contributed by atoms with Gasteiger partial charge in [0.2, 0.25) is 0 Å². The molecule has 0 bridgehead atoms. The predicted molar refractivity (Wildman–Crippen MR) is 81.3 cm³/mol. The molecule has 1 nitrogen and oxygen atoms in total.